The quantitative estimate of drug-likeness (QED) is 0.685. The van der Waals surface area contributed by atoms with E-state index in [1.807, 2.05) is 13.8 Å². The molecule has 0 bridgehead atoms. The summed E-state index contributed by atoms with van der Waals surface area (Å²) in [6, 6.07) is -0.327. The number of carbonyl (C=O) groups excluding carboxylic acids is 1. The lowest BCUT2D eigenvalue weighted by Crippen LogP contribution is -2.43. The summed E-state index contributed by atoms with van der Waals surface area (Å²) in [7, 11) is 0. The van der Waals surface area contributed by atoms with Crippen molar-refractivity contribution >= 4 is 5.97 Å². The zero-order valence-corrected chi connectivity index (χ0v) is 12.8. The Hall–Kier alpha value is -1.50. The van der Waals surface area contributed by atoms with Gasteiger partial charge in [-0.3, -0.25) is 10.1 Å². The minimum atomic E-state index is -0.327. The highest BCUT2D eigenvalue weighted by Crippen LogP contribution is 2.10. The number of rotatable bonds is 9. The van der Waals surface area contributed by atoms with Crippen molar-refractivity contribution in [2.24, 2.45) is 5.92 Å². The highest BCUT2D eigenvalue weighted by Gasteiger charge is 2.25. The van der Waals surface area contributed by atoms with Crippen molar-refractivity contribution in [1.29, 1.82) is 0 Å². The van der Waals surface area contributed by atoms with Crippen LogP contribution in [-0.4, -0.2) is 38.8 Å². The van der Waals surface area contributed by atoms with Crippen molar-refractivity contribution in [3.63, 3.8) is 0 Å². The number of aryl methyl sites for hydroxylation is 1. The summed E-state index contributed by atoms with van der Waals surface area (Å²) in [6.45, 7) is 9.59. The Morgan fingerprint density at radius 3 is 2.75 bits per heavy atom. The largest absolute Gasteiger partial charge is 0.465 e. The Bertz CT molecular complexity index is 407. The number of esters is 1. The lowest BCUT2D eigenvalue weighted by molar-refractivity contribution is -0.147. The van der Waals surface area contributed by atoms with Gasteiger partial charge in [0.15, 0.2) is 5.82 Å². The fraction of sp³-hybridized carbons (Fsp3) is 0.846. The molecule has 0 saturated carbocycles. The molecule has 0 spiro atoms. The van der Waals surface area contributed by atoms with Gasteiger partial charge in [-0.2, -0.15) is 0 Å². The molecule has 1 heterocycles. The molecule has 114 valence electrons. The van der Waals surface area contributed by atoms with Gasteiger partial charge >= 0.3 is 5.97 Å². The molecule has 0 saturated heterocycles. The molecule has 1 rings (SSSR count). The maximum atomic E-state index is 12.0. The molecule has 0 radical (unpaired) electrons. The highest BCUT2D eigenvalue weighted by atomic mass is 16.5. The molecule has 0 aliphatic heterocycles. The summed E-state index contributed by atoms with van der Waals surface area (Å²) >= 11 is 0. The number of nitrogens with zero attached hydrogens (tertiary/aromatic N) is 4. The van der Waals surface area contributed by atoms with Crippen LogP contribution in [0.25, 0.3) is 0 Å². The first kappa shape index (κ1) is 16.6. The number of tetrazole rings is 1. The van der Waals surface area contributed by atoms with E-state index >= 15 is 0 Å². The SMILES string of the molecule is CCCn1nnnc1CN[C@@H](C(=O)OCC)[C@@H](C)CC. The topological polar surface area (TPSA) is 81.9 Å². The van der Waals surface area contributed by atoms with E-state index in [4.69, 9.17) is 4.74 Å². The van der Waals surface area contributed by atoms with Crippen LogP contribution >= 0.6 is 0 Å². The van der Waals surface area contributed by atoms with E-state index in [1.165, 1.54) is 0 Å². The number of aromatic nitrogens is 4. The molecule has 0 amide bonds. The van der Waals surface area contributed by atoms with Crippen LogP contribution in [0.3, 0.4) is 0 Å². The average Bonchev–Trinajstić information content (AvgIpc) is 2.87. The van der Waals surface area contributed by atoms with Crippen molar-refractivity contribution < 1.29 is 9.53 Å². The molecule has 0 aliphatic carbocycles. The first-order valence-electron chi connectivity index (χ1n) is 7.29. The summed E-state index contributed by atoms with van der Waals surface area (Å²) in [6.07, 6.45) is 1.86. The zero-order chi connectivity index (χ0) is 15.0. The van der Waals surface area contributed by atoms with Gasteiger partial charge in [0.05, 0.1) is 13.2 Å². The second-order valence-electron chi connectivity index (χ2n) is 4.81. The first-order valence-corrected chi connectivity index (χ1v) is 7.29. The molecular formula is C13H25N5O2. The predicted octanol–water partition coefficient (Wildman–Crippen LogP) is 1.15. The monoisotopic (exact) mass is 283 g/mol. The fourth-order valence-electron chi connectivity index (χ4n) is 1.92. The lowest BCUT2D eigenvalue weighted by Gasteiger charge is -2.22. The molecule has 7 heteroatoms. The van der Waals surface area contributed by atoms with Gasteiger partial charge in [0, 0.05) is 6.54 Å². The molecular weight excluding hydrogens is 258 g/mol. The molecule has 2 atom stereocenters. The molecule has 0 unspecified atom stereocenters. The van der Waals surface area contributed by atoms with Crippen molar-refractivity contribution in [2.45, 2.75) is 59.7 Å². The van der Waals surface area contributed by atoms with Gasteiger partial charge in [-0.25, -0.2) is 4.68 Å². The predicted molar refractivity (Wildman–Crippen MR) is 74.8 cm³/mol. The zero-order valence-electron chi connectivity index (χ0n) is 12.8. The van der Waals surface area contributed by atoms with Crippen LogP contribution in [-0.2, 0) is 22.6 Å². The fourth-order valence-corrected chi connectivity index (χ4v) is 1.92. The van der Waals surface area contributed by atoms with E-state index in [9.17, 15) is 4.79 Å². The van der Waals surface area contributed by atoms with Gasteiger partial charge in [0.2, 0.25) is 0 Å². The summed E-state index contributed by atoms with van der Waals surface area (Å²) in [5.41, 5.74) is 0. The molecule has 1 aromatic rings. The Balaban J connectivity index is 2.65. The van der Waals surface area contributed by atoms with E-state index in [-0.39, 0.29) is 17.9 Å². The van der Waals surface area contributed by atoms with Crippen LogP contribution in [0.2, 0.25) is 0 Å². The van der Waals surface area contributed by atoms with Crippen LogP contribution in [0.15, 0.2) is 0 Å². The van der Waals surface area contributed by atoms with E-state index in [0.717, 1.165) is 25.2 Å². The molecule has 20 heavy (non-hydrogen) atoms. The van der Waals surface area contributed by atoms with Gasteiger partial charge in [-0.05, 0) is 29.7 Å². The Kier molecular flexibility index (Phi) is 7.14. The minimum absolute atomic E-state index is 0.199. The second kappa shape index (κ2) is 8.63. The van der Waals surface area contributed by atoms with Gasteiger partial charge < -0.3 is 4.74 Å². The lowest BCUT2D eigenvalue weighted by atomic mass is 9.99. The summed E-state index contributed by atoms with van der Waals surface area (Å²) < 4.78 is 6.87. The van der Waals surface area contributed by atoms with Gasteiger partial charge in [0.25, 0.3) is 0 Å². The van der Waals surface area contributed by atoms with Gasteiger partial charge in [-0.15, -0.1) is 5.10 Å². The van der Waals surface area contributed by atoms with E-state index in [1.54, 1.807) is 4.68 Å². The molecule has 0 fully saturated rings. The highest BCUT2D eigenvalue weighted by molar-refractivity contribution is 5.76. The maximum Gasteiger partial charge on any atom is 0.323 e. The molecule has 7 nitrogen and oxygen atoms in total. The second-order valence-corrected chi connectivity index (χ2v) is 4.81. The van der Waals surface area contributed by atoms with E-state index in [0.29, 0.717) is 13.2 Å². The third kappa shape index (κ3) is 4.56. The van der Waals surface area contributed by atoms with Crippen molar-refractivity contribution in [1.82, 2.24) is 25.5 Å². The normalized spacial score (nSPS) is 14.0. The van der Waals surface area contributed by atoms with E-state index in [2.05, 4.69) is 34.7 Å². The van der Waals surface area contributed by atoms with Crippen molar-refractivity contribution in [3.8, 4) is 0 Å². The number of hydrogen-bond donors (Lipinski definition) is 1. The first-order chi connectivity index (χ1) is 9.63. The standard InChI is InChI=1S/C13H25N5O2/c1-5-8-18-11(15-16-17-18)9-14-12(10(4)6-2)13(19)20-7-3/h10,12,14H,5-9H2,1-4H3/t10-,12+/m0/s1. The van der Waals surface area contributed by atoms with E-state index < -0.39 is 0 Å². The number of nitrogens with one attached hydrogen (secondary N) is 1. The molecule has 0 aliphatic rings. The molecule has 0 aromatic carbocycles. The average molecular weight is 283 g/mol. The third-order valence-corrected chi connectivity index (χ3v) is 3.28. The number of ether oxygens (including phenoxy) is 1. The van der Waals surface area contributed by atoms with Gasteiger partial charge in [-0.1, -0.05) is 27.2 Å². The van der Waals surface area contributed by atoms with Crippen LogP contribution in [0.1, 0.15) is 46.4 Å². The van der Waals surface area contributed by atoms with Gasteiger partial charge in [0.1, 0.15) is 6.04 Å². The smallest absolute Gasteiger partial charge is 0.323 e. The summed E-state index contributed by atoms with van der Waals surface area (Å²) in [4.78, 5) is 12.0. The van der Waals surface area contributed by atoms with Crippen LogP contribution in [0, 0.1) is 5.92 Å². The molecule has 1 aromatic heterocycles. The summed E-state index contributed by atoms with van der Waals surface area (Å²) in [5, 5.41) is 14.8. The molecule has 1 N–H and O–H groups in total. The Morgan fingerprint density at radius 2 is 2.15 bits per heavy atom. The van der Waals surface area contributed by atoms with Crippen molar-refractivity contribution in [3.05, 3.63) is 5.82 Å². The Morgan fingerprint density at radius 1 is 1.40 bits per heavy atom. The third-order valence-electron chi connectivity index (χ3n) is 3.28. The Labute approximate surface area is 120 Å². The maximum absolute atomic E-state index is 12.0. The van der Waals surface area contributed by atoms with Crippen LogP contribution < -0.4 is 5.32 Å². The van der Waals surface area contributed by atoms with Crippen LogP contribution in [0.4, 0.5) is 0 Å². The minimum Gasteiger partial charge on any atom is -0.465 e. The number of carbonyl (C=O) groups is 1. The summed E-state index contributed by atoms with van der Waals surface area (Å²) in [5.74, 6) is 0.727. The van der Waals surface area contributed by atoms with Crippen LogP contribution in [0.5, 0.6) is 0 Å². The number of hydrogen-bond acceptors (Lipinski definition) is 6. The van der Waals surface area contributed by atoms with Crippen molar-refractivity contribution in [2.75, 3.05) is 6.61 Å².